The summed E-state index contributed by atoms with van der Waals surface area (Å²) in [6, 6.07) is 5.43. The van der Waals surface area contributed by atoms with Gasteiger partial charge in [0.15, 0.2) is 0 Å². The largest absolute Gasteiger partial charge is 0.444 e. The molecule has 1 amide bonds. The standard InChI is InChI=1S/C20H25FN2O4/c1-19(2,3)27-18(24)23-15-9-20(25,10-16(23)12-26-11-15)17-8-14(21)5-4-13(17)6-7-22/h4-5,8,15-16,25H,6,9-12H2,1-3H3. The van der Waals surface area contributed by atoms with Crippen LogP contribution in [0.1, 0.15) is 44.7 Å². The molecule has 0 radical (unpaired) electrons. The summed E-state index contributed by atoms with van der Waals surface area (Å²) in [7, 11) is 0. The van der Waals surface area contributed by atoms with Crippen LogP contribution in [0.15, 0.2) is 18.2 Å². The zero-order chi connectivity index (χ0) is 19.8. The van der Waals surface area contributed by atoms with Crippen LogP contribution in [0.3, 0.4) is 0 Å². The summed E-state index contributed by atoms with van der Waals surface area (Å²) in [5.41, 5.74) is -0.926. The molecule has 7 heteroatoms. The minimum atomic E-state index is -1.33. The van der Waals surface area contributed by atoms with Gasteiger partial charge in [-0.2, -0.15) is 5.26 Å². The van der Waals surface area contributed by atoms with E-state index in [1.165, 1.54) is 12.1 Å². The number of nitriles is 1. The van der Waals surface area contributed by atoms with Crippen molar-refractivity contribution in [2.45, 2.75) is 63.3 Å². The third-order valence-electron chi connectivity index (χ3n) is 5.00. The number of hydrogen-bond acceptors (Lipinski definition) is 5. The number of amides is 1. The maximum absolute atomic E-state index is 13.9. The van der Waals surface area contributed by atoms with Gasteiger partial charge in [0.2, 0.25) is 0 Å². The molecule has 1 aromatic carbocycles. The molecule has 3 rings (SSSR count). The Labute approximate surface area is 158 Å². The maximum Gasteiger partial charge on any atom is 0.410 e. The molecule has 6 nitrogen and oxygen atoms in total. The summed E-state index contributed by atoms with van der Waals surface area (Å²) in [4.78, 5) is 14.3. The summed E-state index contributed by atoms with van der Waals surface area (Å²) in [5.74, 6) is -0.462. The quantitative estimate of drug-likeness (QED) is 0.858. The Morgan fingerprint density at radius 1 is 1.41 bits per heavy atom. The summed E-state index contributed by atoms with van der Waals surface area (Å²) < 4.78 is 25.0. The monoisotopic (exact) mass is 376 g/mol. The van der Waals surface area contributed by atoms with Crippen LogP contribution in [0.2, 0.25) is 0 Å². The lowest BCUT2D eigenvalue weighted by Crippen LogP contribution is -2.63. The topological polar surface area (TPSA) is 82.8 Å². The van der Waals surface area contributed by atoms with Gasteiger partial charge in [0, 0.05) is 12.8 Å². The van der Waals surface area contributed by atoms with Gasteiger partial charge < -0.3 is 14.6 Å². The minimum absolute atomic E-state index is 0.0829. The lowest BCUT2D eigenvalue weighted by atomic mass is 9.75. The molecule has 0 saturated carbocycles. The van der Waals surface area contributed by atoms with Crippen LogP contribution >= 0.6 is 0 Å². The Bertz CT molecular complexity index is 754. The first kappa shape index (κ1) is 19.6. The number of aliphatic hydroxyl groups is 1. The maximum atomic E-state index is 13.9. The number of carbonyl (C=O) groups excluding carboxylic acids is 1. The zero-order valence-electron chi connectivity index (χ0n) is 15.9. The van der Waals surface area contributed by atoms with Gasteiger partial charge in [0.05, 0.1) is 43.4 Å². The number of hydrogen-bond donors (Lipinski definition) is 1. The van der Waals surface area contributed by atoms with Crippen molar-refractivity contribution in [1.82, 2.24) is 4.90 Å². The number of nitrogens with zero attached hydrogens (tertiary/aromatic N) is 2. The molecule has 146 valence electrons. The number of fused-ring (bicyclic) bond motifs is 2. The Morgan fingerprint density at radius 3 is 2.59 bits per heavy atom. The molecule has 2 aliphatic rings. The molecule has 2 unspecified atom stereocenters. The molecule has 2 aliphatic heterocycles. The molecule has 2 bridgehead atoms. The Kier molecular flexibility index (Phi) is 5.15. The van der Waals surface area contributed by atoms with Crippen molar-refractivity contribution >= 4 is 6.09 Å². The van der Waals surface area contributed by atoms with E-state index >= 15 is 0 Å². The van der Waals surface area contributed by atoms with Gasteiger partial charge in [-0.05, 0) is 44.0 Å². The number of piperidine rings is 1. The number of rotatable bonds is 2. The van der Waals surface area contributed by atoms with Gasteiger partial charge in [-0.1, -0.05) is 6.07 Å². The average Bonchev–Trinajstić information content (AvgIpc) is 2.54. The van der Waals surface area contributed by atoms with E-state index in [-0.39, 0.29) is 44.6 Å². The molecule has 2 saturated heterocycles. The highest BCUT2D eigenvalue weighted by molar-refractivity contribution is 5.69. The van der Waals surface area contributed by atoms with Crippen LogP contribution < -0.4 is 0 Å². The van der Waals surface area contributed by atoms with Crippen LogP contribution in [0.5, 0.6) is 0 Å². The second-order valence-corrected chi connectivity index (χ2v) is 8.31. The zero-order valence-corrected chi connectivity index (χ0v) is 15.9. The molecule has 1 aromatic rings. The second kappa shape index (κ2) is 7.10. The number of morpholine rings is 1. The van der Waals surface area contributed by atoms with Crippen molar-refractivity contribution in [3.63, 3.8) is 0 Å². The fourth-order valence-electron chi connectivity index (χ4n) is 4.03. The van der Waals surface area contributed by atoms with Gasteiger partial charge >= 0.3 is 6.09 Å². The van der Waals surface area contributed by atoms with E-state index in [4.69, 9.17) is 14.7 Å². The summed E-state index contributed by atoms with van der Waals surface area (Å²) in [5, 5.41) is 20.5. The fraction of sp³-hybridized carbons (Fsp3) is 0.600. The van der Waals surface area contributed by atoms with Crippen molar-refractivity contribution in [1.29, 1.82) is 5.26 Å². The predicted octanol–water partition coefficient (Wildman–Crippen LogP) is 2.88. The number of ether oxygens (including phenoxy) is 2. The summed E-state index contributed by atoms with van der Waals surface area (Å²) in [6.45, 7) is 5.97. The molecule has 0 aliphatic carbocycles. The molecule has 2 fully saturated rings. The van der Waals surface area contributed by atoms with Crippen molar-refractivity contribution in [2.75, 3.05) is 13.2 Å². The molecule has 0 aromatic heterocycles. The van der Waals surface area contributed by atoms with Crippen LogP contribution in [0.25, 0.3) is 0 Å². The van der Waals surface area contributed by atoms with Crippen molar-refractivity contribution in [3.05, 3.63) is 35.1 Å². The summed E-state index contributed by atoms with van der Waals surface area (Å²) in [6.07, 6.45) is 0.0498. The third-order valence-corrected chi connectivity index (χ3v) is 5.00. The lowest BCUT2D eigenvalue weighted by molar-refractivity contribution is -0.141. The number of carbonyl (C=O) groups is 1. The average molecular weight is 376 g/mol. The molecular formula is C20H25FN2O4. The first-order chi connectivity index (χ1) is 12.6. The Balaban J connectivity index is 1.91. The van der Waals surface area contributed by atoms with Crippen molar-refractivity contribution in [2.24, 2.45) is 0 Å². The first-order valence-electron chi connectivity index (χ1n) is 9.10. The van der Waals surface area contributed by atoms with E-state index in [9.17, 15) is 14.3 Å². The molecule has 1 N–H and O–H groups in total. The van der Waals surface area contributed by atoms with Crippen LogP contribution in [0.4, 0.5) is 9.18 Å². The third kappa shape index (κ3) is 4.07. The van der Waals surface area contributed by atoms with Gasteiger partial charge in [-0.15, -0.1) is 0 Å². The number of halogens is 1. The Morgan fingerprint density at radius 2 is 2.04 bits per heavy atom. The van der Waals surface area contributed by atoms with E-state index in [0.29, 0.717) is 11.1 Å². The van der Waals surface area contributed by atoms with E-state index < -0.39 is 23.1 Å². The van der Waals surface area contributed by atoms with E-state index in [1.54, 1.807) is 31.7 Å². The molecule has 2 atom stereocenters. The van der Waals surface area contributed by atoms with Crippen molar-refractivity contribution < 1.29 is 23.8 Å². The van der Waals surface area contributed by atoms with Crippen LogP contribution in [0, 0.1) is 17.1 Å². The van der Waals surface area contributed by atoms with Gasteiger partial charge in [-0.3, -0.25) is 4.90 Å². The van der Waals surface area contributed by atoms with E-state index in [1.807, 2.05) is 0 Å². The minimum Gasteiger partial charge on any atom is -0.444 e. The van der Waals surface area contributed by atoms with Gasteiger partial charge in [-0.25, -0.2) is 9.18 Å². The highest BCUT2D eigenvalue weighted by Crippen LogP contribution is 2.43. The molecule has 0 spiro atoms. The van der Waals surface area contributed by atoms with Gasteiger partial charge in [0.1, 0.15) is 11.4 Å². The Hall–Kier alpha value is -2.17. The molecular weight excluding hydrogens is 351 g/mol. The van der Waals surface area contributed by atoms with Gasteiger partial charge in [0.25, 0.3) is 0 Å². The van der Waals surface area contributed by atoms with E-state index in [2.05, 4.69) is 6.07 Å². The lowest BCUT2D eigenvalue weighted by Gasteiger charge is -2.51. The molecule has 2 heterocycles. The van der Waals surface area contributed by atoms with Crippen molar-refractivity contribution in [3.8, 4) is 6.07 Å². The summed E-state index contributed by atoms with van der Waals surface area (Å²) >= 11 is 0. The second-order valence-electron chi connectivity index (χ2n) is 8.31. The predicted molar refractivity (Wildman–Crippen MR) is 95.3 cm³/mol. The highest BCUT2D eigenvalue weighted by atomic mass is 19.1. The SMILES string of the molecule is CC(C)(C)OC(=O)N1C2COCC1CC(O)(c1cc(F)ccc1CC#N)C2. The smallest absolute Gasteiger partial charge is 0.410 e. The first-order valence-corrected chi connectivity index (χ1v) is 9.10. The van der Waals surface area contributed by atoms with Crippen LogP contribution in [-0.4, -0.2) is 47.0 Å². The van der Waals surface area contributed by atoms with Crippen LogP contribution in [-0.2, 0) is 21.5 Å². The number of benzene rings is 1. The highest BCUT2D eigenvalue weighted by Gasteiger charge is 2.50. The van der Waals surface area contributed by atoms with E-state index in [0.717, 1.165) is 0 Å². The molecule has 27 heavy (non-hydrogen) atoms. The normalized spacial score (nSPS) is 27.8. The fourth-order valence-corrected chi connectivity index (χ4v) is 4.03.